The van der Waals surface area contributed by atoms with Crippen molar-refractivity contribution in [3.63, 3.8) is 0 Å². The summed E-state index contributed by atoms with van der Waals surface area (Å²) in [5.74, 6) is -0.859. The number of halogens is 1. The molecule has 0 unspecified atom stereocenters. The number of carbonyl (C=O) groups is 2. The fourth-order valence-corrected chi connectivity index (χ4v) is 1.90. The Bertz CT molecular complexity index is 534. The number of esters is 1. The molecule has 0 bridgehead atoms. The van der Waals surface area contributed by atoms with Gasteiger partial charge in [0.2, 0.25) is 5.78 Å². The van der Waals surface area contributed by atoms with Crippen LogP contribution in [0.5, 0.6) is 0 Å². The first kappa shape index (κ1) is 12.6. The summed E-state index contributed by atoms with van der Waals surface area (Å²) in [6, 6.07) is 6.87. The van der Waals surface area contributed by atoms with Crippen LogP contribution >= 0.6 is 11.6 Å². The molecule has 0 saturated heterocycles. The number of rotatable bonds is 3. The highest BCUT2D eigenvalue weighted by Gasteiger charge is 2.33. The lowest BCUT2D eigenvalue weighted by Gasteiger charge is -2.07. The molecule has 4 nitrogen and oxygen atoms in total. The second kappa shape index (κ2) is 5.23. The van der Waals surface area contributed by atoms with Crippen molar-refractivity contribution in [3.05, 3.63) is 40.4 Å². The molecule has 0 N–H and O–H groups in total. The molecule has 94 valence electrons. The lowest BCUT2D eigenvalue weighted by atomic mass is 10.1. The molecule has 18 heavy (non-hydrogen) atoms. The predicted octanol–water partition coefficient (Wildman–Crippen LogP) is 2.21. The van der Waals surface area contributed by atoms with Crippen LogP contribution in [0.3, 0.4) is 0 Å². The lowest BCUT2D eigenvalue weighted by molar-refractivity contribution is -0.139. The zero-order valence-electron chi connectivity index (χ0n) is 9.73. The maximum Gasteiger partial charge on any atom is 0.345 e. The van der Waals surface area contributed by atoms with Gasteiger partial charge in [-0.25, -0.2) is 4.79 Å². The van der Waals surface area contributed by atoms with Crippen molar-refractivity contribution >= 4 is 29.1 Å². The van der Waals surface area contributed by atoms with Crippen LogP contribution in [0.15, 0.2) is 29.8 Å². The minimum Gasteiger partial charge on any atom is -0.484 e. The Hall–Kier alpha value is -1.81. The Morgan fingerprint density at radius 1 is 1.44 bits per heavy atom. The topological polar surface area (TPSA) is 52.6 Å². The van der Waals surface area contributed by atoms with Gasteiger partial charge in [0, 0.05) is 5.56 Å². The first-order valence-electron chi connectivity index (χ1n) is 5.47. The minimum absolute atomic E-state index is 0.0649. The molecule has 1 aliphatic rings. The average Bonchev–Trinajstić information content (AvgIpc) is 2.72. The summed E-state index contributed by atoms with van der Waals surface area (Å²) in [7, 11) is 0. The minimum atomic E-state index is -0.671. The Kier molecular flexibility index (Phi) is 3.67. The van der Waals surface area contributed by atoms with E-state index in [1.54, 1.807) is 31.2 Å². The number of carbonyl (C=O) groups excluding carboxylic acids is 2. The average molecular weight is 267 g/mol. The number of Topliss-reactive ketones (excluding diaryl/α,β-unsaturated/α-hetero) is 1. The van der Waals surface area contributed by atoms with Gasteiger partial charge in [0.05, 0.1) is 11.6 Å². The lowest BCUT2D eigenvalue weighted by Crippen LogP contribution is -2.14. The Balaban J connectivity index is 2.49. The first-order valence-corrected chi connectivity index (χ1v) is 5.85. The van der Waals surface area contributed by atoms with E-state index < -0.39 is 5.97 Å². The smallest absolute Gasteiger partial charge is 0.345 e. The third kappa shape index (κ3) is 2.24. The van der Waals surface area contributed by atoms with Crippen LogP contribution in [0.2, 0.25) is 5.02 Å². The molecule has 1 heterocycles. The second-order valence-corrected chi connectivity index (χ2v) is 4.02. The van der Waals surface area contributed by atoms with Gasteiger partial charge in [-0.05, 0) is 19.1 Å². The van der Waals surface area contributed by atoms with Crippen molar-refractivity contribution in [2.75, 3.05) is 13.2 Å². The van der Waals surface area contributed by atoms with Gasteiger partial charge in [0.25, 0.3) is 0 Å². The van der Waals surface area contributed by atoms with E-state index in [9.17, 15) is 9.59 Å². The van der Waals surface area contributed by atoms with Crippen LogP contribution in [0, 0.1) is 0 Å². The Morgan fingerprint density at radius 3 is 2.83 bits per heavy atom. The fraction of sp³-hybridized carbons (Fsp3) is 0.231. The monoisotopic (exact) mass is 266 g/mol. The standard InChI is InChI=1S/C13H11ClO4/c1-2-17-13(16)11-10(15)7-18-12(11)8-5-3-4-6-9(8)14/h3-6H,2,7H2,1H3. The molecule has 0 aromatic heterocycles. The van der Waals surface area contributed by atoms with E-state index in [-0.39, 0.29) is 30.3 Å². The fourth-order valence-electron chi connectivity index (χ4n) is 1.68. The molecule has 0 fully saturated rings. The summed E-state index contributed by atoms with van der Waals surface area (Å²) in [4.78, 5) is 23.4. The summed E-state index contributed by atoms with van der Waals surface area (Å²) in [6.07, 6.45) is 0. The van der Waals surface area contributed by atoms with Crippen molar-refractivity contribution in [1.82, 2.24) is 0 Å². The normalized spacial score (nSPS) is 14.7. The number of hydrogen-bond acceptors (Lipinski definition) is 4. The largest absolute Gasteiger partial charge is 0.484 e. The Labute approximate surface area is 109 Å². The van der Waals surface area contributed by atoms with E-state index >= 15 is 0 Å². The van der Waals surface area contributed by atoms with Crippen LogP contribution < -0.4 is 0 Å². The third-order valence-corrected chi connectivity index (χ3v) is 2.78. The first-order chi connectivity index (χ1) is 8.65. The van der Waals surface area contributed by atoms with Crippen molar-refractivity contribution in [2.45, 2.75) is 6.92 Å². The van der Waals surface area contributed by atoms with E-state index in [4.69, 9.17) is 21.1 Å². The summed E-state index contributed by atoms with van der Waals surface area (Å²) in [5.41, 5.74) is 0.456. The van der Waals surface area contributed by atoms with Crippen molar-refractivity contribution in [1.29, 1.82) is 0 Å². The molecular weight excluding hydrogens is 256 g/mol. The highest BCUT2D eigenvalue weighted by Crippen LogP contribution is 2.31. The molecule has 0 amide bonds. The van der Waals surface area contributed by atoms with E-state index in [2.05, 4.69) is 0 Å². The van der Waals surface area contributed by atoms with E-state index in [0.717, 1.165) is 0 Å². The van der Waals surface area contributed by atoms with Crippen molar-refractivity contribution in [3.8, 4) is 0 Å². The summed E-state index contributed by atoms with van der Waals surface area (Å²) < 4.78 is 10.1. The van der Waals surface area contributed by atoms with Gasteiger partial charge in [-0.2, -0.15) is 0 Å². The van der Waals surface area contributed by atoms with Gasteiger partial charge in [-0.15, -0.1) is 0 Å². The number of benzene rings is 1. The maximum atomic E-state index is 11.7. The predicted molar refractivity (Wildman–Crippen MR) is 66.0 cm³/mol. The molecule has 0 saturated carbocycles. The van der Waals surface area contributed by atoms with E-state index in [1.165, 1.54) is 0 Å². The summed E-state index contributed by atoms with van der Waals surface area (Å²) in [6.45, 7) is 1.72. The molecule has 1 aromatic rings. The zero-order chi connectivity index (χ0) is 13.1. The third-order valence-electron chi connectivity index (χ3n) is 2.45. The van der Waals surface area contributed by atoms with Crippen LogP contribution in [-0.4, -0.2) is 25.0 Å². The number of hydrogen-bond donors (Lipinski definition) is 0. The molecule has 0 atom stereocenters. The molecule has 1 aliphatic heterocycles. The summed E-state index contributed by atoms with van der Waals surface area (Å²) in [5, 5.41) is 0.420. The van der Waals surface area contributed by atoms with E-state index in [1.807, 2.05) is 0 Å². The van der Waals surface area contributed by atoms with E-state index in [0.29, 0.717) is 10.6 Å². The quantitative estimate of drug-likeness (QED) is 0.622. The highest BCUT2D eigenvalue weighted by molar-refractivity contribution is 6.33. The molecule has 5 heteroatoms. The molecule has 2 rings (SSSR count). The molecule has 0 radical (unpaired) electrons. The van der Waals surface area contributed by atoms with Crippen LogP contribution in [-0.2, 0) is 19.1 Å². The van der Waals surface area contributed by atoms with Gasteiger partial charge < -0.3 is 9.47 Å². The number of ketones is 1. The molecular formula is C13H11ClO4. The summed E-state index contributed by atoms with van der Waals surface area (Å²) >= 11 is 6.02. The highest BCUT2D eigenvalue weighted by atomic mass is 35.5. The van der Waals surface area contributed by atoms with Gasteiger partial charge in [-0.3, -0.25) is 4.79 Å². The molecule has 0 aliphatic carbocycles. The van der Waals surface area contributed by atoms with Crippen LogP contribution in [0.4, 0.5) is 0 Å². The van der Waals surface area contributed by atoms with Crippen LogP contribution in [0.1, 0.15) is 12.5 Å². The van der Waals surface area contributed by atoms with Gasteiger partial charge in [-0.1, -0.05) is 23.7 Å². The molecule has 0 spiro atoms. The molecule has 1 aromatic carbocycles. The SMILES string of the molecule is CCOC(=O)C1=C(c2ccccc2Cl)OCC1=O. The van der Waals surface area contributed by atoms with Gasteiger partial charge in [0.1, 0.15) is 11.3 Å². The number of ether oxygens (including phenoxy) is 2. The Morgan fingerprint density at radius 2 is 2.17 bits per heavy atom. The van der Waals surface area contributed by atoms with Gasteiger partial charge in [0.15, 0.2) is 6.61 Å². The van der Waals surface area contributed by atoms with Crippen LogP contribution in [0.25, 0.3) is 5.76 Å². The van der Waals surface area contributed by atoms with Crippen molar-refractivity contribution < 1.29 is 19.1 Å². The zero-order valence-corrected chi connectivity index (χ0v) is 10.5. The maximum absolute atomic E-state index is 11.7. The van der Waals surface area contributed by atoms with Crippen molar-refractivity contribution in [2.24, 2.45) is 0 Å². The van der Waals surface area contributed by atoms with Gasteiger partial charge >= 0.3 is 5.97 Å². The second-order valence-electron chi connectivity index (χ2n) is 3.62.